The molecule has 1 heteroatoms. The Morgan fingerprint density at radius 2 is 2.00 bits per heavy atom. The summed E-state index contributed by atoms with van der Waals surface area (Å²) in [6, 6.07) is 0.660. The number of terminal acetylenes is 1. The number of hydrogen-bond acceptors (Lipinski definition) is 1. The Labute approximate surface area is 89.7 Å². The standard InChI is InChI=1S/C13H25N/c1-5-8-9-11-13(14-7-3)12(4)10-6-2/h1,12-14H,6-11H2,2-4H3. The largest absolute Gasteiger partial charge is 0.314 e. The Morgan fingerprint density at radius 3 is 2.50 bits per heavy atom. The van der Waals surface area contributed by atoms with Gasteiger partial charge < -0.3 is 5.32 Å². The van der Waals surface area contributed by atoms with Crippen LogP contribution in [0.15, 0.2) is 0 Å². The maximum atomic E-state index is 5.25. The monoisotopic (exact) mass is 195 g/mol. The minimum Gasteiger partial charge on any atom is -0.314 e. The van der Waals surface area contributed by atoms with E-state index in [1.807, 2.05) is 0 Å². The van der Waals surface area contributed by atoms with Crippen LogP contribution in [0, 0.1) is 18.3 Å². The zero-order valence-corrected chi connectivity index (χ0v) is 9.97. The fraction of sp³-hybridized carbons (Fsp3) is 0.846. The minimum atomic E-state index is 0.660. The summed E-state index contributed by atoms with van der Waals surface area (Å²) < 4.78 is 0. The SMILES string of the molecule is C#CCCCC(NCC)C(C)CCC. The van der Waals surface area contributed by atoms with Crippen molar-refractivity contribution in [3.8, 4) is 12.3 Å². The van der Waals surface area contributed by atoms with Crippen LogP contribution < -0.4 is 5.32 Å². The molecule has 1 nitrogen and oxygen atoms in total. The molecular weight excluding hydrogens is 170 g/mol. The second-order valence-corrected chi connectivity index (χ2v) is 4.03. The molecule has 1 N–H and O–H groups in total. The highest BCUT2D eigenvalue weighted by Crippen LogP contribution is 2.15. The Hall–Kier alpha value is -0.480. The highest BCUT2D eigenvalue weighted by molar-refractivity contribution is 4.84. The van der Waals surface area contributed by atoms with Crippen LogP contribution in [0.5, 0.6) is 0 Å². The number of hydrogen-bond donors (Lipinski definition) is 1. The van der Waals surface area contributed by atoms with Crippen molar-refractivity contribution in [3.63, 3.8) is 0 Å². The van der Waals surface area contributed by atoms with Crippen LogP contribution in [0.1, 0.15) is 52.9 Å². The zero-order chi connectivity index (χ0) is 10.8. The van der Waals surface area contributed by atoms with Crippen molar-refractivity contribution in [2.24, 2.45) is 5.92 Å². The predicted octanol–water partition coefficient (Wildman–Crippen LogP) is 3.20. The van der Waals surface area contributed by atoms with Gasteiger partial charge in [-0.15, -0.1) is 12.3 Å². The third-order valence-corrected chi connectivity index (χ3v) is 2.73. The van der Waals surface area contributed by atoms with Gasteiger partial charge in [-0.1, -0.05) is 27.2 Å². The van der Waals surface area contributed by atoms with E-state index in [0.29, 0.717) is 6.04 Å². The van der Waals surface area contributed by atoms with Gasteiger partial charge >= 0.3 is 0 Å². The topological polar surface area (TPSA) is 12.0 Å². The highest BCUT2D eigenvalue weighted by Gasteiger charge is 2.14. The van der Waals surface area contributed by atoms with Crippen LogP contribution >= 0.6 is 0 Å². The van der Waals surface area contributed by atoms with Crippen molar-refractivity contribution >= 4 is 0 Å². The van der Waals surface area contributed by atoms with Crippen LogP contribution in [0.25, 0.3) is 0 Å². The van der Waals surface area contributed by atoms with Gasteiger partial charge in [-0.3, -0.25) is 0 Å². The van der Waals surface area contributed by atoms with Crippen molar-refractivity contribution in [3.05, 3.63) is 0 Å². The predicted molar refractivity (Wildman–Crippen MR) is 64.2 cm³/mol. The summed E-state index contributed by atoms with van der Waals surface area (Å²) >= 11 is 0. The molecule has 14 heavy (non-hydrogen) atoms. The van der Waals surface area contributed by atoms with Gasteiger partial charge in [-0.25, -0.2) is 0 Å². The summed E-state index contributed by atoms with van der Waals surface area (Å²) in [5.41, 5.74) is 0. The van der Waals surface area contributed by atoms with E-state index >= 15 is 0 Å². The summed E-state index contributed by atoms with van der Waals surface area (Å²) in [4.78, 5) is 0. The Bertz CT molecular complexity index is 157. The average molecular weight is 195 g/mol. The van der Waals surface area contributed by atoms with Crippen LogP contribution in [0.2, 0.25) is 0 Å². The van der Waals surface area contributed by atoms with E-state index < -0.39 is 0 Å². The molecule has 0 aliphatic heterocycles. The summed E-state index contributed by atoms with van der Waals surface area (Å²) in [5.74, 6) is 3.48. The van der Waals surface area contributed by atoms with Gasteiger partial charge in [0.05, 0.1) is 0 Å². The zero-order valence-electron chi connectivity index (χ0n) is 9.97. The maximum Gasteiger partial charge on any atom is 0.00929 e. The van der Waals surface area contributed by atoms with Gasteiger partial charge in [0.1, 0.15) is 0 Å². The highest BCUT2D eigenvalue weighted by atomic mass is 14.9. The van der Waals surface area contributed by atoms with Crippen LogP contribution in [0.3, 0.4) is 0 Å². The summed E-state index contributed by atoms with van der Waals surface area (Å²) in [6.45, 7) is 7.83. The van der Waals surface area contributed by atoms with E-state index in [0.717, 1.165) is 25.3 Å². The number of nitrogens with one attached hydrogen (secondary N) is 1. The fourth-order valence-electron chi connectivity index (χ4n) is 1.93. The second kappa shape index (κ2) is 9.09. The lowest BCUT2D eigenvalue weighted by atomic mass is 9.93. The van der Waals surface area contributed by atoms with Gasteiger partial charge in [-0.05, 0) is 31.7 Å². The van der Waals surface area contributed by atoms with Gasteiger partial charge in [0.25, 0.3) is 0 Å². The molecule has 0 saturated heterocycles. The first-order valence-electron chi connectivity index (χ1n) is 5.93. The summed E-state index contributed by atoms with van der Waals surface area (Å²) in [5, 5.41) is 3.56. The molecule has 0 saturated carbocycles. The van der Waals surface area contributed by atoms with E-state index in [1.165, 1.54) is 19.3 Å². The molecule has 82 valence electrons. The maximum absolute atomic E-state index is 5.25. The molecule has 2 unspecified atom stereocenters. The lowest BCUT2D eigenvalue weighted by Gasteiger charge is -2.24. The van der Waals surface area contributed by atoms with Gasteiger partial charge in [0.2, 0.25) is 0 Å². The molecule has 0 rings (SSSR count). The first-order chi connectivity index (χ1) is 6.76. The molecule has 0 aromatic carbocycles. The van der Waals surface area contributed by atoms with E-state index in [4.69, 9.17) is 6.42 Å². The van der Waals surface area contributed by atoms with Crippen LogP contribution in [-0.2, 0) is 0 Å². The molecule has 0 heterocycles. The fourth-order valence-corrected chi connectivity index (χ4v) is 1.93. The normalized spacial score (nSPS) is 14.7. The molecule has 0 radical (unpaired) electrons. The summed E-state index contributed by atoms with van der Waals surface area (Å²) in [7, 11) is 0. The molecule has 0 aromatic rings. The van der Waals surface area contributed by atoms with E-state index in [1.54, 1.807) is 0 Å². The molecule has 0 aromatic heterocycles. The Balaban J connectivity index is 3.81. The van der Waals surface area contributed by atoms with Crippen molar-refractivity contribution in [2.75, 3.05) is 6.54 Å². The third-order valence-electron chi connectivity index (χ3n) is 2.73. The lowest BCUT2D eigenvalue weighted by molar-refractivity contribution is 0.337. The number of unbranched alkanes of at least 4 members (excludes halogenated alkanes) is 1. The van der Waals surface area contributed by atoms with Crippen LogP contribution in [-0.4, -0.2) is 12.6 Å². The Kier molecular flexibility index (Phi) is 8.78. The van der Waals surface area contributed by atoms with Gasteiger partial charge in [0, 0.05) is 12.5 Å². The minimum absolute atomic E-state index is 0.660. The smallest absolute Gasteiger partial charge is 0.00929 e. The lowest BCUT2D eigenvalue weighted by Crippen LogP contribution is -2.34. The van der Waals surface area contributed by atoms with Crippen molar-refractivity contribution < 1.29 is 0 Å². The van der Waals surface area contributed by atoms with E-state index in [2.05, 4.69) is 32.0 Å². The Morgan fingerprint density at radius 1 is 1.29 bits per heavy atom. The van der Waals surface area contributed by atoms with Gasteiger partial charge in [-0.2, -0.15) is 0 Å². The summed E-state index contributed by atoms with van der Waals surface area (Å²) in [6.07, 6.45) is 11.1. The number of rotatable bonds is 8. The molecule has 2 atom stereocenters. The first kappa shape index (κ1) is 13.5. The molecule has 0 spiro atoms. The molecular formula is C13H25N. The molecule has 0 amide bonds. The molecule has 0 aliphatic rings. The molecule has 0 bridgehead atoms. The van der Waals surface area contributed by atoms with E-state index in [-0.39, 0.29) is 0 Å². The van der Waals surface area contributed by atoms with Crippen LogP contribution in [0.4, 0.5) is 0 Å². The van der Waals surface area contributed by atoms with Gasteiger partial charge in [0.15, 0.2) is 0 Å². The second-order valence-electron chi connectivity index (χ2n) is 4.03. The van der Waals surface area contributed by atoms with Crippen molar-refractivity contribution in [2.45, 2.75) is 58.9 Å². The van der Waals surface area contributed by atoms with Crippen molar-refractivity contribution in [1.82, 2.24) is 5.32 Å². The third kappa shape index (κ3) is 6.05. The molecule has 0 fully saturated rings. The average Bonchev–Trinajstić information content (AvgIpc) is 2.17. The van der Waals surface area contributed by atoms with Crippen molar-refractivity contribution in [1.29, 1.82) is 0 Å². The quantitative estimate of drug-likeness (QED) is 0.463. The molecule has 0 aliphatic carbocycles. The first-order valence-corrected chi connectivity index (χ1v) is 5.93. The van der Waals surface area contributed by atoms with E-state index in [9.17, 15) is 0 Å².